The van der Waals surface area contributed by atoms with Crippen LogP contribution in [0.15, 0.2) is 146 Å². The maximum Gasteiger partial charge on any atom is 0.306 e. The molecule has 1 atom stereocenters. The van der Waals surface area contributed by atoms with Crippen molar-refractivity contribution in [2.75, 3.05) is 19.8 Å². The third-order valence-corrected chi connectivity index (χ3v) is 8.88. The predicted molar refractivity (Wildman–Crippen MR) is 260 cm³/mol. The molecule has 0 heterocycles. The third-order valence-electron chi connectivity index (χ3n) is 8.88. The maximum atomic E-state index is 12.7. The summed E-state index contributed by atoms with van der Waals surface area (Å²) in [6.07, 6.45) is 71.7. The van der Waals surface area contributed by atoms with E-state index in [0.29, 0.717) is 19.4 Å². The van der Waals surface area contributed by atoms with Crippen LogP contribution in [-0.4, -0.2) is 37.9 Å². The highest BCUT2D eigenvalue weighted by Crippen LogP contribution is 2.09. The van der Waals surface area contributed by atoms with Gasteiger partial charge in [0.25, 0.3) is 0 Å². The van der Waals surface area contributed by atoms with Gasteiger partial charge in [0.05, 0.1) is 6.61 Å². The number of allylic oxidation sites excluding steroid dienone is 24. The summed E-state index contributed by atoms with van der Waals surface area (Å²) < 4.78 is 17.2. The molecule has 0 aromatic heterocycles. The number of carbonyl (C=O) groups is 2. The fourth-order valence-corrected chi connectivity index (χ4v) is 5.53. The van der Waals surface area contributed by atoms with E-state index in [4.69, 9.17) is 14.2 Å². The molecule has 5 heteroatoms. The lowest BCUT2D eigenvalue weighted by molar-refractivity contribution is -0.162. The van der Waals surface area contributed by atoms with E-state index in [9.17, 15) is 9.59 Å². The molecule has 0 saturated carbocycles. The Hall–Kier alpha value is -4.22. The molecule has 0 bridgehead atoms. The van der Waals surface area contributed by atoms with E-state index >= 15 is 0 Å². The lowest BCUT2D eigenvalue weighted by Crippen LogP contribution is -2.30. The zero-order chi connectivity index (χ0) is 43.5. The van der Waals surface area contributed by atoms with Gasteiger partial charge in [-0.05, 0) is 109 Å². The summed E-state index contributed by atoms with van der Waals surface area (Å²) in [7, 11) is 0. The van der Waals surface area contributed by atoms with Crippen molar-refractivity contribution in [3.05, 3.63) is 146 Å². The minimum Gasteiger partial charge on any atom is -0.462 e. The Morgan fingerprint density at radius 1 is 0.367 bits per heavy atom. The summed E-state index contributed by atoms with van der Waals surface area (Å²) in [6, 6.07) is 0. The predicted octanol–water partition coefficient (Wildman–Crippen LogP) is 15.8. The molecule has 5 nitrogen and oxygen atoms in total. The average molecular weight is 825 g/mol. The van der Waals surface area contributed by atoms with Crippen molar-refractivity contribution >= 4 is 11.9 Å². The molecule has 0 radical (unpaired) electrons. The van der Waals surface area contributed by atoms with E-state index in [0.717, 1.165) is 96.3 Å². The molecule has 0 aromatic carbocycles. The van der Waals surface area contributed by atoms with Gasteiger partial charge in [0.2, 0.25) is 0 Å². The molecule has 0 spiro atoms. The van der Waals surface area contributed by atoms with Gasteiger partial charge in [-0.3, -0.25) is 9.59 Å². The fraction of sp³-hybridized carbons (Fsp3) is 0.527. The molecule has 0 aliphatic carbocycles. The van der Waals surface area contributed by atoms with Gasteiger partial charge >= 0.3 is 11.9 Å². The Kier molecular flexibility index (Phi) is 45.7. The van der Waals surface area contributed by atoms with Crippen LogP contribution in [0.3, 0.4) is 0 Å². The average Bonchev–Trinajstić information content (AvgIpc) is 3.25. The summed E-state index contributed by atoms with van der Waals surface area (Å²) >= 11 is 0. The van der Waals surface area contributed by atoms with Crippen LogP contribution in [0.25, 0.3) is 0 Å². The molecule has 0 rings (SSSR count). The van der Waals surface area contributed by atoms with Crippen molar-refractivity contribution in [3.63, 3.8) is 0 Å². The van der Waals surface area contributed by atoms with E-state index < -0.39 is 6.10 Å². The van der Waals surface area contributed by atoms with Gasteiger partial charge < -0.3 is 14.2 Å². The van der Waals surface area contributed by atoms with Crippen LogP contribution >= 0.6 is 0 Å². The van der Waals surface area contributed by atoms with Crippen molar-refractivity contribution in [2.24, 2.45) is 0 Å². The molecular formula is C55H84O5. The first kappa shape index (κ1) is 55.8. The van der Waals surface area contributed by atoms with Crippen molar-refractivity contribution in [3.8, 4) is 0 Å². The van der Waals surface area contributed by atoms with Crippen molar-refractivity contribution < 1.29 is 23.8 Å². The maximum absolute atomic E-state index is 12.7. The molecule has 334 valence electrons. The largest absolute Gasteiger partial charge is 0.462 e. The number of rotatable bonds is 40. The highest BCUT2D eigenvalue weighted by atomic mass is 16.6. The van der Waals surface area contributed by atoms with E-state index in [1.807, 2.05) is 12.2 Å². The quantitative estimate of drug-likeness (QED) is 0.0350. The Morgan fingerprint density at radius 3 is 1.12 bits per heavy atom. The van der Waals surface area contributed by atoms with Gasteiger partial charge in [0.15, 0.2) is 6.10 Å². The molecule has 0 amide bonds. The lowest BCUT2D eigenvalue weighted by Gasteiger charge is -2.18. The Labute approximate surface area is 368 Å². The summed E-state index contributed by atoms with van der Waals surface area (Å²) in [4.78, 5) is 25.2. The van der Waals surface area contributed by atoms with E-state index in [1.54, 1.807) is 0 Å². The number of hydrogen-bond acceptors (Lipinski definition) is 5. The highest BCUT2D eigenvalue weighted by molar-refractivity contribution is 5.70. The van der Waals surface area contributed by atoms with Gasteiger partial charge in [-0.15, -0.1) is 0 Å². The monoisotopic (exact) mass is 825 g/mol. The molecular weight excluding hydrogens is 741 g/mol. The zero-order valence-corrected chi connectivity index (χ0v) is 38.2. The van der Waals surface area contributed by atoms with Crippen LogP contribution in [-0.2, 0) is 23.8 Å². The number of esters is 2. The normalized spacial score (nSPS) is 13.6. The van der Waals surface area contributed by atoms with Crippen LogP contribution in [0.1, 0.15) is 162 Å². The van der Waals surface area contributed by atoms with E-state index in [2.05, 4.69) is 154 Å². The summed E-state index contributed by atoms with van der Waals surface area (Å²) in [5, 5.41) is 0. The zero-order valence-electron chi connectivity index (χ0n) is 38.2. The van der Waals surface area contributed by atoms with Crippen molar-refractivity contribution in [2.45, 2.75) is 168 Å². The van der Waals surface area contributed by atoms with Crippen LogP contribution in [0, 0.1) is 0 Å². The number of carbonyl (C=O) groups excluding carboxylic acids is 2. The first-order chi connectivity index (χ1) is 29.6. The summed E-state index contributed by atoms with van der Waals surface area (Å²) in [5.41, 5.74) is 0. The van der Waals surface area contributed by atoms with Crippen LogP contribution in [0.5, 0.6) is 0 Å². The molecule has 0 fully saturated rings. The molecule has 0 saturated heterocycles. The topological polar surface area (TPSA) is 61.8 Å². The van der Waals surface area contributed by atoms with Crippen LogP contribution in [0.2, 0.25) is 0 Å². The fourth-order valence-electron chi connectivity index (χ4n) is 5.53. The molecule has 0 aromatic rings. The standard InChI is InChI=1S/C55H84O5/c1-4-7-10-13-16-19-22-25-26-27-28-29-32-35-38-41-44-47-50-58-51-53(60-55(57)49-46-43-40-37-34-31-24-21-18-15-12-9-6-3)52-59-54(56)48-45-42-39-36-33-30-23-20-17-14-11-8-5-2/h7-12,16-21,25-26,28-31,33-34,39-40,42-43,53H,4-6,13-15,22-24,27,32,35-38,41,44-52H2,1-3H3/b10-7-,11-8-,12-9-,19-16-,20-17-,21-18-,26-25-,29-28-,33-30-,34-31-,42-39-,43-40-. The second-order valence-electron chi connectivity index (χ2n) is 14.5. The van der Waals surface area contributed by atoms with E-state index in [1.165, 1.54) is 19.3 Å². The number of hydrogen-bond donors (Lipinski definition) is 0. The highest BCUT2D eigenvalue weighted by Gasteiger charge is 2.17. The smallest absolute Gasteiger partial charge is 0.306 e. The van der Waals surface area contributed by atoms with Crippen LogP contribution in [0.4, 0.5) is 0 Å². The van der Waals surface area contributed by atoms with Gasteiger partial charge in [0.1, 0.15) is 6.61 Å². The summed E-state index contributed by atoms with van der Waals surface area (Å²) in [5.74, 6) is -0.612. The second-order valence-corrected chi connectivity index (χ2v) is 14.5. The first-order valence-electron chi connectivity index (χ1n) is 23.4. The Morgan fingerprint density at radius 2 is 0.700 bits per heavy atom. The molecule has 0 aliphatic rings. The Bertz CT molecular complexity index is 1350. The van der Waals surface area contributed by atoms with Crippen LogP contribution < -0.4 is 0 Å². The van der Waals surface area contributed by atoms with Crippen molar-refractivity contribution in [1.82, 2.24) is 0 Å². The second kappa shape index (κ2) is 49.1. The SMILES string of the molecule is CC/C=C\C/C=C\C/C=C\C/C=C\CCCCCCCOCC(COC(=O)CC/C=C\C/C=C\C/C=C\C/C=C\CC)OC(=O)CC/C=C\C/C=C\C/C=C\C/C=C\CC. The van der Waals surface area contributed by atoms with Gasteiger partial charge in [-0.1, -0.05) is 186 Å². The molecule has 1 unspecified atom stereocenters. The number of ether oxygens (including phenoxy) is 3. The Balaban J connectivity index is 4.51. The minimum atomic E-state index is -0.623. The molecule has 60 heavy (non-hydrogen) atoms. The van der Waals surface area contributed by atoms with Gasteiger partial charge in [0, 0.05) is 19.4 Å². The lowest BCUT2D eigenvalue weighted by atomic mass is 10.1. The van der Waals surface area contributed by atoms with Gasteiger partial charge in [-0.2, -0.15) is 0 Å². The van der Waals surface area contributed by atoms with Crippen molar-refractivity contribution in [1.29, 1.82) is 0 Å². The summed E-state index contributed by atoms with van der Waals surface area (Å²) in [6.45, 7) is 7.24. The number of unbranched alkanes of at least 4 members (excludes halogenated alkanes) is 5. The molecule has 0 N–H and O–H groups in total. The van der Waals surface area contributed by atoms with Gasteiger partial charge in [-0.25, -0.2) is 0 Å². The minimum absolute atomic E-state index is 0.0000481. The molecule has 0 aliphatic heterocycles. The first-order valence-corrected chi connectivity index (χ1v) is 23.4. The third kappa shape index (κ3) is 46.5. The van der Waals surface area contributed by atoms with E-state index in [-0.39, 0.29) is 38.0 Å².